The van der Waals surface area contributed by atoms with E-state index in [2.05, 4.69) is 25.9 Å². The van der Waals surface area contributed by atoms with Crippen molar-refractivity contribution in [1.29, 1.82) is 0 Å². The van der Waals surface area contributed by atoms with Gasteiger partial charge in [-0.3, -0.25) is 0 Å². The van der Waals surface area contributed by atoms with Gasteiger partial charge in [-0.15, -0.1) is 0 Å². The first-order chi connectivity index (χ1) is 6.11. The van der Waals surface area contributed by atoms with Crippen LogP contribution in [0, 0.1) is 11.8 Å². The Morgan fingerprint density at radius 2 is 1.85 bits per heavy atom. The Hall–Kier alpha value is -0.530. The first-order valence-electron chi connectivity index (χ1n) is 5.30. The summed E-state index contributed by atoms with van der Waals surface area (Å²) >= 11 is 0. The first kappa shape index (κ1) is 12.5. The summed E-state index contributed by atoms with van der Waals surface area (Å²) in [6.07, 6.45) is 1.34. The quantitative estimate of drug-likeness (QED) is 0.645. The highest BCUT2D eigenvalue weighted by Gasteiger charge is 2.26. The third kappa shape index (κ3) is 3.79. The monoisotopic (exact) mass is 185 g/mol. The molecule has 0 amide bonds. The molecule has 0 aromatic carbocycles. The van der Waals surface area contributed by atoms with Crippen LogP contribution in [0.4, 0.5) is 0 Å². The zero-order valence-electron chi connectivity index (χ0n) is 9.79. The molecule has 0 bridgehead atoms. The van der Waals surface area contributed by atoms with E-state index in [-0.39, 0.29) is 0 Å². The van der Waals surface area contributed by atoms with Gasteiger partial charge in [-0.2, -0.15) is 0 Å². The standard InChI is InChI=1S/C9H17NO.C2H6/c1-6(2)8(4)9-5-7(3)10-11-9;1-2/h6,8-9H,5H2,1-4H3;1-2H3. The summed E-state index contributed by atoms with van der Waals surface area (Å²) in [6, 6.07) is 0. The molecule has 1 aliphatic rings. The molecule has 0 aromatic heterocycles. The fraction of sp³-hybridized carbons (Fsp3) is 0.909. The normalized spacial score (nSPS) is 23.0. The van der Waals surface area contributed by atoms with Gasteiger partial charge >= 0.3 is 0 Å². The fourth-order valence-electron chi connectivity index (χ4n) is 1.23. The van der Waals surface area contributed by atoms with Crippen molar-refractivity contribution in [2.45, 2.75) is 54.1 Å². The second-order valence-corrected chi connectivity index (χ2v) is 3.78. The molecule has 0 fully saturated rings. The van der Waals surface area contributed by atoms with Crippen molar-refractivity contribution in [3.63, 3.8) is 0 Å². The van der Waals surface area contributed by atoms with E-state index in [1.807, 2.05) is 20.8 Å². The van der Waals surface area contributed by atoms with Crippen molar-refractivity contribution in [2.75, 3.05) is 0 Å². The third-order valence-corrected chi connectivity index (χ3v) is 2.48. The second kappa shape index (κ2) is 6.01. The van der Waals surface area contributed by atoms with E-state index in [9.17, 15) is 0 Å². The number of rotatable bonds is 2. The van der Waals surface area contributed by atoms with Gasteiger partial charge in [0.15, 0.2) is 0 Å². The Bertz CT molecular complexity index is 163. The maximum Gasteiger partial charge on any atom is 0.135 e. The molecule has 2 nitrogen and oxygen atoms in total. The molecule has 2 atom stereocenters. The van der Waals surface area contributed by atoms with Crippen LogP contribution < -0.4 is 0 Å². The van der Waals surface area contributed by atoms with Crippen molar-refractivity contribution in [2.24, 2.45) is 17.0 Å². The molecule has 0 aliphatic carbocycles. The van der Waals surface area contributed by atoms with Crippen molar-refractivity contribution >= 4 is 5.71 Å². The van der Waals surface area contributed by atoms with E-state index >= 15 is 0 Å². The molecule has 78 valence electrons. The van der Waals surface area contributed by atoms with Crippen LogP contribution in [0.5, 0.6) is 0 Å². The Morgan fingerprint density at radius 1 is 1.31 bits per heavy atom. The van der Waals surface area contributed by atoms with E-state index in [0.717, 1.165) is 12.1 Å². The predicted octanol–water partition coefficient (Wildman–Crippen LogP) is 3.47. The largest absolute Gasteiger partial charge is 0.392 e. The molecule has 1 rings (SSSR count). The summed E-state index contributed by atoms with van der Waals surface area (Å²) < 4.78 is 0. The van der Waals surface area contributed by atoms with Crippen molar-refractivity contribution < 1.29 is 4.84 Å². The van der Waals surface area contributed by atoms with Gasteiger partial charge in [0.2, 0.25) is 0 Å². The summed E-state index contributed by atoms with van der Waals surface area (Å²) in [4.78, 5) is 5.28. The molecule has 0 aromatic rings. The topological polar surface area (TPSA) is 21.6 Å². The molecule has 1 aliphatic heterocycles. The molecule has 1 heterocycles. The van der Waals surface area contributed by atoms with Gasteiger partial charge in [-0.05, 0) is 18.8 Å². The maximum atomic E-state index is 5.28. The fourth-order valence-corrected chi connectivity index (χ4v) is 1.23. The van der Waals surface area contributed by atoms with E-state index in [0.29, 0.717) is 17.9 Å². The Balaban J connectivity index is 0.000000671. The van der Waals surface area contributed by atoms with Gasteiger partial charge in [-0.25, -0.2) is 0 Å². The minimum Gasteiger partial charge on any atom is -0.392 e. The van der Waals surface area contributed by atoms with Crippen molar-refractivity contribution in [1.82, 2.24) is 0 Å². The van der Waals surface area contributed by atoms with Gasteiger partial charge in [-0.1, -0.05) is 39.8 Å². The number of oxime groups is 1. The van der Waals surface area contributed by atoms with Gasteiger partial charge in [0.05, 0.1) is 5.71 Å². The summed E-state index contributed by atoms with van der Waals surface area (Å²) in [5, 5.41) is 3.94. The van der Waals surface area contributed by atoms with Crippen LogP contribution in [-0.2, 0) is 4.84 Å². The number of hydrogen-bond donors (Lipinski definition) is 0. The minimum atomic E-state index is 0.329. The Morgan fingerprint density at radius 3 is 2.15 bits per heavy atom. The van der Waals surface area contributed by atoms with Gasteiger partial charge in [0.25, 0.3) is 0 Å². The Labute approximate surface area is 82.4 Å². The lowest BCUT2D eigenvalue weighted by Gasteiger charge is -2.20. The average molecular weight is 185 g/mol. The number of hydrogen-bond acceptors (Lipinski definition) is 2. The maximum absolute atomic E-state index is 5.28. The minimum absolute atomic E-state index is 0.329. The first-order valence-corrected chi connectivity index (χ1v) is 5.30. The summed E-state index contributed by atoms with van der Waals surface area (Å²) in [7, 11) is 0. The zero-order chi connectivity index (χ0) is 10.4. The molecular weight excluding hydrogens is 162 g/mol. The highest BCUT2D eigenvalue weighted by Crippen LogP contribution is 2.24. The summed E-state index contributed by atoms with van der Waals surface area (Å²) in [6.45, 7) is 12.7. The lowest BCUT2D eigenvalue weighted by Crippen LogP contribution is -2.22. The van der Waals surface area contributed by atoms with E-state index in [1.54, 1.807) is 0 Å². The predicted molar refractivity (Wildman–Crippen MR) is 57.9 cm³/mol. The molecule has 0 saturated carbocycles. The van der Waals surface area contributed by atoms with Crippen LogP contribution in [-0.4, -0.2) is 11.8 Å². The van der Waals surface area contributed by atoms with Crippen LogP contribution in [0.3, 0.4) is 0 Å². The lowest BCUT2D eigenvalue weighted by molar-refractivity contribution is 0.0307. The highest BCUT2D eigenvalue weighted by molar-refractivity contribution is 5.82. The SMILES string of the molecule is CC.CC1=NOC(C(C)C(C)C)C1. The Kier molecular flexibility index (Phi) is 5.76. The molecular formula is C11H23NO. The second-order valence-electron chi connectivity index (χ2n) is 3.78. The van der Waals surface area contributed by atoms with Gasteiger partial charge in [0.1, 0.15) is 6.10 Å². The molecule has 0 spiro atoms. The molecule has 2 heteroatoms. The smallest absolute Gasteiger partial charge is 0.135 e. The summed E-state index contributed by atoms with van der Waals surface area (Å²) in [5.41, 5.74) is 1.13. The highest BCUT2D eigenvalue weighted by atomic mass is 16.6. The van der Waals surface area contributed by atoms with E-state index < -0.39 is 0 Å². The third-order valence-electron chi connectivity index (χ3n) is 2.48. The van der Waals surface area contributed by atoms with Crippen LogP contribution >= 0.6 is 0 Å². The van der Waals surface area contributed by atoms with Crippen LogP contribution in [0.25, 0.3) is 0 Å². The van der Waals surface area contributed by atoms with Crippen LogP contribution in [0.1, 0.15) is 48.0 Å². The van der Waals surface area contributed by atoms with E-state index in [4.69, 9.17) is 4.84 Å². The van der Waals surface area contributed by atoms with Crippen LogP contribution in [0.2, 0.25) is 0 Å². The molecule has 0 N–H and O–H groups in total. The molecule has 0 radical (unpaired) electrons. The summed E-state index contributed by atoms with van der Waals surface area (Å²) in [5.74, 6) is 1.29. The van der Waals surface area contributed by atoms with Gasteiger partial charge < -0.3 is 4.84 Å². The van der Waals surface area contributed by atoms with Crippen molar-refractivity contribution in [3.05, 3.63) is 0 Å². The lowest BCUT2D eigenvalue weighted by atomic mass is 9.90. The molecule has 2 unspecified atom stereocenters. The molecule has 13 heavy (non-hydrogen) atoms. The molecule has 0 saturated heterocycles. The average Bonchev–Trinajstić information content (AvgIpc) is 2.54. The van der Waals surface area contributed by atoms with Crippen molar-refractivity contribution in [3.8, 4) is 0 Å². The number of nitrogens with zero attached hydrogens (tertiary/aromatic N) is 1. The van der Waals surface area contributed by atoms with E-state index in [1.165, 1.54) is 0 Å². The van der Waals surface area contributed by atoms with Gasteiger partial charge in [0, 0.05) is 6.42 Å². The van der Waals surface area contributed by atoms with Crippen LogP contribution in [0.15, 0.2) is 5.16 Å². The zero-order valence-corrected chi connectivity index (χ0v) is 9.79.